The third-order valence-electron chi connectivity index (χ3n) is 2.07. The van der Waals surface area contributed by atoms with Crippen LogP contribution in [-0.2, 0) is 11.2 Å². The van der Waals surface area contributed by atoms with E-state index in [0.717, 1.165) is 12.1 Å². The molecule has 0 aromatic carbocycles. The Hall–Kier alpha value is -1.55. The van der Waals surface area contributed by atoms with E-state index >= 15 is 0 Å². The largest absolute Gasteiger partial charge is 0.504 e. The van der Waals surface area contributed by atoms with E-state index in [1.54, 1.807) is 23.6 Å². The summed E-state index contributed by atoms with van der Waals surface area (Å²) in [7, 11) is 1.66. The molecule has 0 aliphatic carbocycles. The fourth-order valence-electron chi connectivity index (χ4n) is 1.38. The fourth-order valence-corrected chi connectivity index (χ4v) is 1.38. The van der Waals surface area contributed by atoms with Gasteiger partial charge in [0.1, 0.15) is 0 Å². The Morgan fingerprint density at radius 1 is 1.57 bits per heavy atom. The number of aromatic nitrogens is 2. The molecule has 0 fully saturated rings. The molecule has 14 heavy (non-hydrogen) atoms. The van der Waals surface area contributed by atoms with E-state index in [9.17, 15) is 5.11 Å². The summed E-state index contributed by atoms with van der Waals surface area (Å²) < 4.78 is 6.77. The maximum absolute atomic E-state index is 9.50. The van der Waals surface area contributed by atoms with Gasteiger partial charge in [-0.3, -0.25) is 0 Å². The summed E-state index contributed by atoms with van der Waals surface area (Å²) in [5.74, 6) is 0.205. The lowest BCUT2D eigenvalue weighted by molar-refractivity contribution is 0.201. The first-order valence-corrected chi connectivity index (χ1v) is 4.46. The number of imidazole rings is 1. The average Bonchev–Trinajstić information content (AvgIpc) is 2.59. The van der Waals surface area contributed by atoms with Gasteiger partial charge in [-0.1, -0.05) is 0 Å². The summed E-state index contributed by atoms with van der Waals surface area (Å²) >= 11 is 0. The van der Waals surface area contributed by atoms with Crippen molar-refractivity contribution in [3.8, 4) is 5.75 Å². The highest BCUT2D eigenvalue weighted by atomic mass is 16.5. The van der Waals surface area contributed by atoms with E-state index in [4.69, 9.17) is 4.74 Å². The molecule has 0 amide bonds. The number of hydrogen-bond acceptors (Lipinski definition) is 3. The molecule has 0 atom stereocenters. The first-order valence-electron chi connectivity index (χ1n) is 4.46. The standard InChI is InChI=1S/C10H12N2O2/c1-14-6-4-8-7-12-5-2-3-9(13)10(12)11-8/h2-3,5,7,13H,4,6H2,1H3. The summed E-state index contributed by atoms with van der Waals surface area (Å²) in [6.07, 6.45) is 4.52. The van der Waals surface area contributed by atoms with E-state index in [1.165, 1.54) is 0 Å². The molecule has 4 heteroatoms. The van der Waals surface area contributed by atoms with Crippen molar-refractivity contribution in [1.29, 1.82) is 0 Å². The summed E-state index contributed by atoms with van der Waals surface area (Å²) in [4.78, 5) is 4.28. The van der Waals surface area contributed by atoms with Crippen LogP contribution in [0.3, 0.4) is 0 Å². The summed E-state index contributed by atoms with van der Waals surface area (Å²) in [6.45, 7) is 0.643. The molecule has 2 rings (SSSR count). The number of pyridine rings is 1. The van der Waals surface area contributed by atoms with Crippen LogP contribution in [0.15, 0.2) is 24.5 Å². The van der Waals surface area contributed by atoms with E-state index < -0.39 is 0 Å². The van der Waals surface area contributed by atoms with Crippen molar-refractivity contribution in [1.82, 2.24) is 9.38 Å². The van der Waals surface area contributed by atoms with Gasteiger partial charge < -0.3 is 14.2 Å². The third-order valence-corrected chi connectivity index (χ3v) is 2.07. The monoisotopic (exact) mass is 192 g/mol. The van der Waals surface area contributed by atoms with E-state index in [1.807, 2.05) is 12.4 Å². The molecule has 0 unspecified atom stereocenters. The molecule has 4 nitrogen and oxygen atoms in total. The van der Waals surface area contributed by atoms with Gasteiger partial charge in [-0.15, -0.1) is 0 Å². The molecule has 2 aromatic rings. The van der Waals surface area contributed by atoms with Crippen molar-refractivity contribution in [3.63, 3.8) is 0 Å². The molecule has 0 saturated carbocycles. The second-order valence-electron chi connectivity index (χ2n) is 3.10. The predicted octanol–water partition coefficient (Wildman–Crippen LogP) is 1.23. The van der Waals surface area contributed by atoms with Gasteiger partial charge in [0.2, 0.25) is 0 Å². The van der Waals surface area contributed by atoms with Crippen molar-refractivity contribution in [2.75, 3.05) is 13.7 Å². The zero-order valence-corrected chi connectivity index (χ0v) is 7.97. The number of nitrogens with zero attached hydrogens (tertiary/aromatic N) is 2. The number of methoxy groups -OCH3 is 1. The average molecular weight is 192 g/mol. The second-order valence-corrected chi connectivity index (χ2v) is 3.10. The molecule has 2 aromatic heterocycles. The lowest BCUT2D eigenvalue weighted by Crippen LogP contribution is -1.93. The molecular formula is C10H12N2O2. The Balaban J connectivity index is 2.36. The van der Waals surface area contributed by atoms with Gasteiger partial charge >= 0.3 is 0 Å². The van der Waals surface area contributed by atoms with Gasteiger partial charge in [-0.05, 0) is 12.1 Å². The van der Waals surface area contributed by atoms with Crippen molar-refractivity contribution in [2.24, 2.45) is 0 Å². The predicted molar refractivity (Wildman–Crippen MR) is 52.4 cm³/mol. The Morgan fingerprint density at radius 2 is 2.43 bits per heavy atom. The van der Waals surface area contributed by atoms with Crippen molar-refractivity contribution in [2.45, 2.75) is 6.42 Å². The van der Waals surface area contributed by atoms with E-state index in [2.05, 4.69) is 4.98 Å². The molecule has 0 bridgehead atoms. The molecule has 2 heterocycles. The van der Waals surface area contributed by atoms with Crippen LogP contribution in [0.4, 0.5) is 0 Å². The van der Waals surface area contributed by atoms with Crippen LogP contribution in [0, 0.1) is 0 Å². The lowest BCUT2D eigenvalue weighted by atomic mass is 10.3. The van der Waals surface area contributed by atoms with Crippen LogP contribution >= 0.6 is 0 Å². The smallest absolute Gasteiger partial charge is 0.179 e. The summed E-state index contributed by atoms with van der Waals surface area (Å²) in [5, 5.41) is 9.50. The highest BCUT2D eigenvalue weighted by molar-refractivity contribution is 5.53. The van der Waals surface area contributed by atoms with Crippen LogP contribution in [0.1, 0.15) is 5.69 Å². The minimum absolute atomic E-state index is 0.205. The summed E-state index contributed by atoms with van der Waals surface area (Å²) in [5.41, 5.74) is 1.52. The molecular weight excluding hydrogens is 180 g/mol. The Labute approximate surface area is 81.8 Å². The molecule has 0 saturated heterocycles. The molecule has 0 aliphatic rings. The third kappa shape index (κ3) is 1.56. The minimum atomic E-state index is 0.205. The van der Waals surface area contributed by atoms with Gasteiger partial charge in [-0.2, -0.15) is 0 Å². The second kappa shape index (κ2) is 3.67. The lowest BCUT2D eigenvalue weighted by Gasteiger charge is -1.93. The van der Waals surface area contributed by atoms with Gasteiger partial charge in [0.15, 0.2) is 11.4 Å². The highest BCUT2D eigenvalue weighted by Gasteiger charge is 2.04. The fraction of sp³-hybridized carbons (Fsp3) is 0.300. The molecule has 0 spiro atoms. The SMILES string of the molecule is COCCc1cn2cccc(O)c2n1. The Kier molecular flexibility index (Phi) is 2.37. The van der Waals surface area contributed by atoms with Crippen molar-refractivity contribution >= 4 is 5.65 Å². The van der Waals surface area contributed by atoms with E-state index in [-0.39, 0.29) is 5.75 Å². The normalized spacial score (nSPS) is 10.9. The van der Waals surface area contributed by atoms with Crippen LogP contribution < -0.4 is 0 Å². The molecule has 1 N–H and O–H groups in total. The summed E-state index contributed by atoms with van der Waals surface area (Å²) in [6, 6.07) is 3.41. The van der Waals surface area contributed by atoms with Crippen LogP contribution in [0.2, 0.25) is 0 Å². The maximum Gasteiger partial charge on any atom is 0.179 e. The quantitative estimate of drug-likeness (QED) is 0.795. The Morgan fingerprint density at radius 3 is 3.14 bits per heavy atom. The number of aromatic hydroxyl groups is 1. The zero-order chi connectivity index (χ0) is 9.97. The van der Waals surface area contributed by atoms with Gasteiger partial charge in [-0.25, -0.2) is 4.98 Å². The van der Waals surface area contributed by atoms with Crippen molar-refractivity contribution in [3.05, 3.63) is 30.2 Å². The van der Waals surface area contributed by atoms with Gasteiger partial charge in [0, 0.05) is 25.9 Å². The molecule has 74 valence electrons. The number of hydrogen-bond donors (Lipinski definition) is 1. The number of fused-ring (bicyclic) bond motifs is 1. The van der Waals surface area contributed by atoms with Crippen LogP contribution in [-0.4, -0.2) is 28.2 Å². The minimum Gasteiger partial charge on any atom is -0.504 e. The van der Waals surface area contributed by atoms with E-state index in [0.29, 0.717) is 12.3 Å². The number of ether oxygens (including phenoxy) is 1. The topological polar surface area (TPSA) is 46.8 Å². The van der Waals surface area contributed by atoms with Gasteiger partial charge in [0.25, 0.3) is 0 Å². The number of rotatable bonds is 3. The van der Waals surface area contributed by atoms with Gasteiger partial charge in [0.05, 0.1) is 12.3 Å². The first-order chi connectivity index (χ1) is 6.81. The molecule has 0 aliphatic heterocycles. The first kappa shape index (κ1) is 9.02. The van der Waals surface area contributed by atoms with Crippen LogP contribution in [0.5, 0.6) is 5.75 Å². The zero-order valence-electron chi connectivity index (χ0n) is 7.97. The van der Waals surface area contributed by atoms with Crippen LogP contribution in [0.25, 0.3) is 5.65 Å². The molecule has 0 radical (unpaired) electrons. The Bertz CT molecular complexity index is 437. The maximum atomic E-state index is 9.50. The highest BCUT2D eigenvalue weighted by Crippen LogP contribution is 2.16. The van der Waals surface area contributed by atoms with Crippen molar-refractivity contribution < 1.29 is 9.84 Å².